The van der Waals surface area contributed by atoms with Gasteiger partial charge in [-0.3, -0.25) is 10.1 Å². The van der Waals surface area contributed by atoms with Crippen LogP contribution in [0.15, 0.2) is 48.8 Å². The summed E-state index contributed by atoms with van der Waals surface area (Å²) in [5.74, 6) is 0.000463. The normalized spacial score (nSPS) is 10.6. The molecule has 0 amide bonds. The van der Waals surface area contributed by atoms with Gasteiger partial charge >= 0.3 is 0 Å². The summed E-state index contributed by atoms with van der Waals surface area (Å²) in [6.07, 6.45) is 3.39. The van der Waals surface area contributed by atoms with E-state index in [1.807, 2.05) is 0 Å². The van der Waals surface area contributed by atoms with Gasteiger partial charge in [-0.2, -0.15) is 0 Å². The van der Waals surface area contributed by atoms with Gasteiger partial charge < -0.3 is 15.1 Å². The Bertz CT molecular complexity index is 691. The van der Waals surface area contributed by atoms with Gasteiger partial charge in [-0.15, -0.1) is 0 Å². The van der Waals surface area contributed by atoms with E-state index in [1.165, 1.54) is 12.1 Å². The fourth-order valence-corrected chi connectivity index (χ4v) is 2.13. The third-order valence-corrected chi connectivity index (χ3v) is 3.08. The summed E-state index contributed by atoms with van der Waals surface area (Å²) in [4.78, 5) is 16.5. The van der Waals surface area contributed by atoms with Crippen LogP contribution in [0.2, 0.25) is 0 Å². The van der Waals surface area contributed by atoms with Crippen molar-refractivity contribution in [2.45, 2.75) is 0 Å². The second kappa shape index (κ2) is 4.58. The van der Waals surface area contributed by atoms with Crippen LogP contribution in [0.5, 0.6) is 5.75 Å². The predicted molar refractivity (Wildman–Crippen MR) is 74.3 cm³/mol. The van der Waals surface area contributed by atoms with Crippen LogP contribution >= 0.6 is 0 Å². The Morgan fingerprint density at radius 3 is 1.85 bits per heavy atom. The Hall–Kier alpha value is -3.02. The quantitative estimate of drug-likeness (QED) is 0.503. The van der Waals surface area contributed by atoms with Gasteiger partial charge in [0, 0.05) is 47.0 Å². The summed E-state index contributed by atoms with van der Waals surface area (Å²) in [6.45, 7) is 0. The monoisotopic (exact) mass is 269 g/mol. The number of aromatic hydroxyl groups is 1. The third-order valence-electron chi connectivity index (χ3n) is 3.08. The SMILES string of the molecule is O=[N+]([O-])c1cc(-c2ccc[nH]2)c(O)c(-c2ccc[nH]2)c1. The van der Waals surface area contributed by atoms with E-state index in [9.17, 15) is 15.2 Å². The molecule has 0 spiro atoms. The number of aromatic nitrogens is 2. The minimum absolute atomic E-state index is 0.000463. The predicted octanol–water partition coefficient (Wildman–Crippen LogP) is 3.29. The van der Waals surface area contributed by atoms with Gasteiger partial charge in [0.05, 0.1) is 4.92 Å². The summed E-state index contributed by atoms with van der Waals surface area (Å²) >= 11 is 0. The molecule has 0 saturated heterocycles. The molecule has 0 aliphatic rings. The molecule has 20 heavy (non-hydrogen) atoms. The molecule has 0 unspecified atom stereocenters. The first-order valence-corrected chi connectivity index (χ1v) is 5.96. The van der Waals surface area contributed by atoms with Crippen molar-refractivity contribution in [3.8, 4) is 28.3 Å². The molecule has 6 heteroatoms. The molecule has 3 N–H and O–H groups in total. The fraction of sp³-hybridized carbons (Fsp3) is 0. The van der Waals surface area contributed by atoms with Gasteiger partial charge in [-0.25, -0.2) is 0 Å². The maximum Gasteiger partial charge on any atom is 0.271 e. The first-order valence-electron chi connectivity index (χ1n) is 5.96. The second-order valence-corrected chi connectivity index (χ2v) is 4.31. The number of H-pyrrole nitrogens is 2. The molecule has 100 valence electrons. The minimum Gasteiger partial charge on any atom is -0.507 e. The Kier molecular flexibility index (Phi) is 2.76. The molecule has 0 fully saturated rings. The molecule has 0 bridgehead atoms. The van der Waals surface area contributed by atoms with E-state index < -0.39 is 4.92 Å². The van der Waals surface area contributed by atoms with Crippen LogP contribution in [0.4, 0.5) is 5.69 Å². The number of hydrogen-bond donors (Lipinski definition) is 3. The zero-order valence-electron chi connectivity index (χ0n) is 10.3. The van der Waals surface area contributed by atoms with Crippen molar-refractivity contribution < 1.29 is 10.0 Å². The first-order chi connectivity index (χ1) is 9.66. The molecule has 2 heterocycles. The van der Waals surface area contributed by atoms with Crippen molar-refractivity contribution in [3.05, 3.63) is 58.9 Å². The lowest BCUT2D eigenvalue weighted by molar-refractivity contribution is -0.384. The smallest absolute Gasteiger partial charge is 0.271 e. The molecule has 0 saturated carbocycles. The Labute approximate surface area is 113 Å². The van der Waals surface area contributed by atoms with Gasteiger partial charge in [0.15, 0.2) is 0 Å². The number of aromatic amines is 2. The van der Waals surface area contributed by atoms with Crippen LogP contribution in [0.25, 0.3) is 22.5 Å². The van der Waals surface area contributed by atoms with E-state index in [4.69, 9.17) is 0 Å². The molecule has 0 aliphatic heterocycles. The molecule has 0 radical (unpaired) electrons. The van der Waals surface area contributed by atoms with Crippen LogP contribution in [-0.4, -0.2) is 20.0 Å². The molecule has 3 rings (SSSR count). The zero-order chi connectivity index (χ0) is 14.1. The maximum atomic E-state index is 11.1. The fourth-order valence-electron chi connectivity index (χ4n) is 2.13. The standard InChI is InChI=1S/C14H11N3O3/c18-14-10(12-3-1-5-15-12)7-9(17(19)20)8-11(14)13-4-2-6-16-13/h1-8,15-16,18H. The highest BCUT2D eigenvalue weighted by atomic mass is 16.6. The number of nitro groups is 1. The summed E-state index contributed by atoms with van der Waals surface area (Å²) < 4.78 is 0. The lowest BCUT2D eigenvalue weighted by Gasteiger charge is -2.08. The van der Waals surface area contributed by atoms with Crippen molar-refractivity contribution in [3.63, 3.8) is 0 Å². The number of nitrogens with zero attached hydrogens (tertiary/aromatic N) is 1. The van der Waals surface area contributed by atoms with Crippen LogP contribution in [0, 0.1) is 10.1 Å². The number of hydrogen-bond acceptors (Lipinski definition) is 3. The Morgan fingerprint density at radius 1 is 1.00 bits per heavy atom. The molecule has 6 nitrogen and oxygen atoms in total. The van der Waals surface area contributed by atoms with Gasteiger partial charge in [-0.1, -0.05) is 0 Å². The van der Waals surface area contributed by atoms with E-state index >= 15 is 0 Å². The number of rotatable bonds is 3. The lowest BCUT2D eigenvalue weighted by atomic mass is 10.0. The topological polar surface area (TPSA) is 94.9 Å². The van der Waals surface area contributed by atoms with E-state index in [0.717, 1.165) is 0 Å². The van der Waals surface area contributed by atoms with Crippen LogP contribution < -0.4 is 0 Å². The molecule has 0 aliphatic carbocycles. The first kappa shape index (κ1) is 12.0. The highest BCUT2D eigenvalue weighted by molar-refractivity contribution is 5.82. The summed E-state index contributed by atoms with van der Waals surface area (Å²) in [6, 6.07) is 9.74. The van der Waals surface area contributed by atoms with E-state index in [0.29, 0.717) is 22.5 Å². The van der Waals surface area contributed by atoms with Crippen molar-refractivity contribution in [1.82, 2.24) is 9.97 Å². The van der Waals surface area contributed by atoms with E-state index in [1.54, 1.807) is 36.7 Å². The average Bonchev–Trinajstić information content (AvgIpc) is 3.12. The number of nitrogens with one attached hydrogen (secondary N) is 2. The highest BCUT2D eigenvalue weighted by Crippen LogP contribution is 2.40. The largest absolute Gasteiger partial charge is 0.507 e. The maximum absolute atomic E-state index is 11.1. The zero-order valence-corrected chi connectivity index (χ0v) is 10.3. The number of phenolic OH excluding ortho intramolecular Hbond substituents is 1. The van der Waals surface area contributed by atoms with Crippen molar-refractivity contribution in [1.29, 1.82) is 0 Å². The van der Waals surface area contributed by atoms with Gasteiger partial charge in [0.2, 0.25) is 0 Å². The Balaban J connectivity index is 2.27. The molecule has 2 aromatic heterocycles. The van der Waals surface area contributed by atoms with Crippen LogP contribution in [0.3, 0.4) is 0 Å². The molecule has 1 aromatic carbocycles. The molecule has 3 aromatic rings. The van der Waals surface area contributed by atoms with Gasteiger partial charge in [-0.05, 0) is 24.3 Å². The third kappa shape index (κ3) is 1.93. The second-order valence-electron chi connectivity index (χ2n) is 4.31. The minimum atomic E-state index is -0.474. The van der Waals surface area contributed by atoms with Crippen molar-refractivity contribution in [2.24, 2.45) is 0 Å². The number of nitro benzene ring substituents is 1. The average molecular weight is 269 g/mol. The van der Waals surface area contributed by atoms with E-state index in [-0.39, 0.29) is 11.4 Å². The number of phenols is 1. The lowest BCUT2D eigenvalue weighted by Crippen LogP contribution is -1.92. The molecular weight excluding hydrogens is 258 g/mol. The molecular formula is C14H11N3O3. The number of non-ortho nitro benzene ring substituents is 1. The van der Waals surface area contributed by atoms with Crippen molar-refractivity contribution in [2.75, 3.05) is 0 Å². The van der Waals surface area contributed by atoms with Crippen LogP contribution in [0.1, 0.15) is 0 Å². The summed E-state index contributed by atoms with van der Waals surface area (Å²) in [5, 5.41) is 21.4. The summed E-state index contributed by atoms with van der Waals surface area (Å²) in [5.41, 5.74) is 1.97. The number of benzene rings is 1. The Morgan fingerprint density at radius 2 is 1.50 bits per heavy atom. The van der Waals surface area contributed by atoms with Gasteiger partial charge in [0.1, 0.15) is 5.75 Å². The summed E-state index contributed by atoms with van der Waals surface area (Å²) in [7, 11) is 0. The van der Waals surface area contributed by atoms with Gasteiger partial charge in [0.25, 0.3) is 5.69 Å². The highest BCUT2D eigenvalue weighted by Gasteiger charge is 2.19. The molecule has 0 atom stereocenters. The van der Waals surface area contributed by atoms with Crippen LogP contribution in [-0.2, 0) is 0 Å². The van der Waals surface area contributed by atoms with E-state index in [2.05, 4.69) is 9.97 Å². The van der Waals surface area contributed by atoms with Crippen molar-refractivity contribution >= 4 is 5.69 Å².